The van der Waals surface area contributed by atoms with E-state index in [1.54, 1.807) is 0 Å². The highest BCUT2D eigenvalue weighted by Crippen LogP contribution is 2.48. The summed E-state index contributed by atoms with van der Waals surface area (Å²) in [4.78, 5) is 0. The molecule has 0 aliphatic rings. The third-order valence-corrected chi connectivity index (χ3v) is 4.36. The molecule has 0 radical (unpaired) electrons. The molecule has 0 spiro atoms. The third kappa shape index (κ3) is 3.68. The molecule has 0 unspecified atom stereocenters. The molecule has 4 heteroatoms. The van der Waals surface area contributed by atoms with Gasteiger partial charge in [-0.1, -0.05) is 36.4 Å². The molecule has 3 nitrogen and oxygen atoms in total. The van der Waals surface area contributed by atoms with Gasteiger partial charge in [0.25, 0.3) is 0 Å². The van der Waals surface area contributed by atoms with Crippen molar-refractivity contribution in [1.82, 2.24) is 0 Å². The average molecular weight is 304 g/mol. The predicted octanol–water partition coefficient (Wildman–Crippen LogP) is 5.20. The van der Waals surface area contributed by atoms with Crippen LogP contribution < -0.4 is 9.05 Å². The lowest BCUT2D eigenvalue weighted by atomic mass is 10.1. The van der Waals surface area contributed by atoms with E-state index in [4.69, 9.17) is 9.05 Å². The smallest absolute Gasteiger partial charge is 0.416 e. The SMILES string of the molecule is Cc1cccc(C)c1OP(C)(=O)Oc1c(C)cccc1C. The summed E-state index contributed by atoms with van der Waals surface area (Å²) in [6, 6.07) is 11.6. The first-order valence-electron chi connectivity index (χ1n) is 6.89. The Morgan fingerprint density at radius 3 is 1.29 bits per heavy atom. The van der Waals surface area contributed by atoms with E-state index in [-0.39, 0.29) is 0 Å². The minimum absolute atomic E-state index is 0.634. The molecule has 0 saturated carbocycles. The normalized spacial score (nSPS) is 11.3. The number of hydrogen-bond acceptors (Lipinski definition) is 3. The van der Waals surface area contributed by atoms with Crippen molar-refractivity contribution in [3.05, 3.63) is 58.7 Å². The van der Waals surface area contributed by atoms with Crippen LogP contribution in [-0.4, -0.2) is 6.66 Å². The Hall–Kier alpha value is -1.73. The molecule has 21 heavy (non-hydrogen) atoms. The van der Waals surface area contributed by atoms with Crippen LogP contribution >= 0.6 is 7.60 Å². The van der Waals surface area contributed by atoms with Crippen LogP contribution in [0.1, 0.15) is 22.3 Å². The Labute approximate surface area is 126 Å². The largest absolute Gasteiger partial charge is 0.427 e. The van der Waals surface area contributed by atoms with Crippen LogP contribution in [0.4, 0.5) is 0 Å². The number of aryl methyl sites for hydroxylation is 4. The van der Waals surface area contributed by atoms with Crippen molar-refractivity contribution in [3.8, 4) is 11.5 Å². The first-order valence-corrected chi connectivity index (χ1v) is 8.88. The molecule has 0 bridgehead atoms. The molecule has 2 aromatic rings. The van der Waals surface area contributed by atoms with Crippen molar-refractivity contribution >= 4 is 7.60 Å². The highest BCUT2D eigenvalue weighted by molar-refractivity contribution is 7.53. The van der Waals surface area contributed by atoms with Gasteiger partial charge in [0.1, 0.15) is 11.5 Å². The zero-order chi connectivity index (χ0) is 15.6. The molecule has 0 heterocycles. The quantitative estimate of drug-likeness (QED) is 0.728. The van der Waals surface area contributed by atoms with Gasteiger partial charge in [0.2, 0.25) is 0 Å². The highest BCUT2D eigenvalue weighted by Gasteiger charge is 2.24. The van der Waals surface area contributed by atoms with Crippen LogP contribution in [-0.2, 0) is 4.57 Å². The maximum Gasteiger partial charge on any atom is 0.427 e. The van der Waals surface area contributed by atoms with Gasteiger partial charge in [-0.2, -0.15) is 0 Å². The van der Waals surface area contributed by atoms with Crippen LogP contribution in [0.3, 0.4) is 0 Å². The first-order chi connectivity index (χ1) is 9.80. The summed E-state index contributed by atoms with van der Waals surface area (Å²) in [5, 5.41) is 0. The fraction of sp³-hybridized carbons (Fsp3) is 0.294. The second-order valence-electron chi connectivity index (χ2n) is 5.40. The minimum atomic E-state index is -3.24. The van der Waals surface area contributed by atoms with Crippen LogP contribution in [0.5, 0.6) is 11.5 Å². The topological polar surface area (TPSA) is 35.5 Å². The van der Waals surface area contributed by atoms with E-state index in [0.717, 1.165) is 22.3 Å². The number of benzene rings is 2. The van der Waals surface area contributed by atoms with E-state index in [1.165, 1.54) is 6.66 Å². The van der Waals surface area contributed by atoms with Crippen LogP contribution in [0.25, 0.3) is 0 Å². The van der Waals surface area contributed by atoms with E-state index >= 15 is 0 Å². The predicted molar refractivity (Wildman–Crippen MR) is 86.6 cm³/mol. The summed E-state index contributed by atoms with van der Waals surface area (Å²) in [6.07, 6.45) is 0. The van der Waals surface area contributed by atoms with Crippen molar-refractivity contribution in [2.24, 2.45) is 0 Å². The van der Waals surface area contributed by atoms with Gasteiger partial charge in [-0.25, -0.2) is 4.57 Å². The molecule has 0 amide bonds. The molecule has 0 N–H and O–H groups in total. The van der Waals surface area contributed by atoms with Crippen LogP contribution in [0, 0.1) is 27.7 Å². The number of rotatable bonds is 4. The number of para-hydroxylation sites is 2. The Morgan fingerprint density at radius 1 is 0.714 bits per heavy atom. The molecular formula is C17H21O3P. The van der Waals surface area contributed by atoms with E-state index in [1.807, 2.05) is 64.1 Å². The van der Waals surface area contributed by atoms with Gasteiger partial charge in [-0.05, 0) is 49.9 Å². The van der Waals surface area contributed by atoms with Gasteiger partial charge in [0.15, 0.2) is 0 Å². The fourth-order valence-electron chi connectivity index (χ4n) is 2.24. The summed E-state index contributed by atoms with van der Waals surface area (Å²) < 4.78 is 24.1. The number of hydrogen-bond donors (Lipinski definition) is 0. The molecule has 0 fully saturated rings. The zero-order valence-electron chi connectivity index (χ0n) is 13.1. The summed E-state index contributed by atoms with van der Waals surface area (Å²) in [6.45, 7) is 9.23. The summed E-state index contributed by atoms with van der Waals surface area (Å²) >= 11 is 0. The lowest BCUT2D eigenvalue weighted by Gasteiger charge is -2.20. The van der Waals surface area contributed by atoms with Crippen molar-refractivity contribution in [3.63, 3.8) is 0 Å². The van der Waals surface area contributed by atoms with Crippen molar-refractivity contribution in [2.45, 2.75) is 27.7 Å². The molecule has 0 saturated heterocycles. The van der Waals surface area contributed by atoms with Crippen molar-refractivity contribution < 1.29 is 13.6 Å². The monoisotopic (exact) mass is 304 g/mol. The Kier molecular flexibility index (Phi) is 4.43. The molecule has 0 aliphatic carbocycles. The van der Waals surface area contributed by atoms with Crippen molar-refractivity contribution in [2.75, 3.05) is 6.66 Å². The molecule has 2 aromatic carbocycles. The van der Waals surface area contributed by atoms with E-state index in [9.17, 15) is 4.57 Å². The van der Waals surface area contributed by atoms with E-state index in [0.29, 0.717) is 11.5 Å². The minimum Gasteiger partial charge on any atom is -0.416 e. The molecule has 0 atom stereocenters. The lowest BCUT2D eigenvalue weighted by Crippen LogP contribution is -2.03. The van der Waals surface area contributed by atoms with E-state index < -0.39 is 7.60 Å². The first kappa shape index (κ1) is 15.7. The fourth-order valence-corrected chi connectivity index (χ4v) is 3.51. The Morgan fingerprint density at radius 2 is 1.00 bits per heavy atom. The molecular weight excluding hydrogens is 283 g/mol. The second kappa shape index (κ2) is 5.95. The van der Waals surface area contributed by atoms with Gasteiger partial charge in [-0.15, -0.1) is 0 Å². The average Bonchev–Trinajstić information content (AvgIpc) is 2.39. The van der Waals surface area contributed by atoms with Gasteiger partial charge >= 0.3 is 7.60 Å². The van der Waals surface area contributed by atoms with E-state index in [2.05, 4.69) is 0 Å². The molecule has 112 valence electrons. The molecule has 0 aliphatic heterocycles. The highest BCUT2D eigenvalue weighted by atomic mass is 31.2. The molecule has 0 aromatic heterocycles. The second-order valence-corrected chi connectivity index (χ2v) is 7.30. The Bertz CT molecular complexity index is 609. The van der Waals surface area contributed by atoms with Crippen LogP contribution in [0.15, 0.2) is 36.4 Å². The summed E-state index contributed by atoms with van der Waals surface area (Å²) in [5.41, 5.74) is 3.79. The van der Waals surface area contributed by atoms with Crippen molar-refractivity contribution in [1.29, 1.82) is 0 Å². The molecule has 2 rings (SSSR count). The van der Waals surface area contributed by atoms with Gasteiger partial charge in [-0.3, -0.25) is 0 Å². The maximum absolute atomic E-state index is 12.7. The van der Waals surface area contributed by atoms with Gasteiger partial charge in [0.05, 0.1) is 6.66 Å². The standard InChI is InChI=1S/C17H21O3P/c1-12-8-6-9-13(2)16(12)19-21(5,18)20-17-14(3)10-7-11-15(17)4/h6-11H,1-5H3. The van der Waals surface area contributed by atoms with Gasteiger partial charge < -0.3 is 9.05 Å². The summed E-state index contributed by atoms with van der Waals surface area (Å²) in [7, 11) is -3.24. The lowest BCUT2D eigenvalue weighted by molar-refractivity contribution is 0.389. The van der Waals surface area contributed by atoms with Crippen LogP contribution in [0.2, 0.25) is 0 Å². The third-order valence-electron chi connectivity index (χ3n) is 3.33. The maximum atomic E-state index is 12.7. The summed E-state index contributed by atoms with van der Waals surface area (Å²) in [5.74, 6) is 1.27. The van der Waals surface area contributed by atoms with Gasteiger partial charge in [0, 0.05) is 0 Å². The zero-order valence-corrected chi connectivity index (χ0v) is 14.0. The Balaban J connectivity index is 2.29.